The lowest BCUT2D eigenvalue weighted by molar-refractivity contribution is 0.362. The Morgan fingerprint density at radius 1 is 0.419 bits per heavy atom. The number of allylic oxidation sites excluding steroid dienone is 14. The molecular formula is C93H88B4N2O6. The van der Waals surface area contributed by atoms with Crippen LogP contribution in [0.5, 0.6) is 34.5 Å². The number of phenols is 6. The normalized spacial score (nSPS) is 20.5. The topological polar surface area (TPSA) is 128 Å². The Kier molecular flexibility index (Phi) is 16.2. The fourth-order valence-corrected chi connectivity index (χ4v) is 20.2. The molecule has 0 aliphatic heterocycles. The van der Waals surface area contributed by atoms with Gasteiger partial charge < -0.3 is 40.4 Å². The highest BCUT2D eigenvalue weighted by molar-refractivity contribution is 6.52. The standard InChI is InChI=1S/C93H88B4N2O6/c1-7-53-29-33-55(34-30-53)49-92(79-81(94)83(96)87(102)89(104)85(79)100)69-25-13-17-51(3)77(69)67-43-39-61(47-73(67)92)98(75-27-15-21-57-19-9-11-23-63(57)75)59-37-41-65-66-42-38-60(46-72(66)91(5,6)71(65)45-59)99(76-28-16-22-58-20-10-12-24-64(58)76)62-40-44-68-74(48-62)93(70-26-14-18-52(4)78(68)70,50-56-35-31-54(8-2)32-36-56)80-82(95)84(97)88(103)90(105)86(80)101/h7-12,15-24,27-28,33,35,37-48,53-54,100-105H,1-2,13-14,25-26,29-32,34,36,49-50,94-97H2,3-6H3. The minimum Gasteiger partial charge on any atom is -0.505 e. The van der Waals surface area contributed by atoms with Crippen LogP contribution < -0.4 is 31.7 Å². The number of aromatic hydroxyl groups is 6. The first-order valence-electron chi connectivity index (χ1n) is 37.8. The number of benzene rings is 10. The highest BCUT2D eigenvalue weighted by Crippen LogP contribution is 2.65. The smallest absolute Gasteiger partial charge is 0.199 e. The second-order valence-corrected chi connectivity index (χ2v) is 31.5. The van der Waals surface area contributed by atoms with E-state index < -0.39 is 27.7 Å². The summed E-state index contributed by atoms with van der Waals surface area (Å²) in [5.41, 5.74) is 26.5. The molecule has 17 rings (SSSR count). The van der Waals surface area contributed by atoms with Crippen molar-refractivity contribution in [1.29, 1.82) is 0 Å². The first kappa shape index (κ1) is 67.5. The van der Waals surface area contributed by atoms with E-state index in [1.165, 1.54) is 66.8 Å². The number of hydrogen-bond donors (Lipinski definition) is 6. The Morgan fingerprint density at radius 3 is 1.17 bits per heavy atom. The average Bonchev–Trinajstić information content (AvgIpc) is 1.56. The van der Waals surface area contributed by atoms with Crippen molar-refractivity contribution in [2.75, 3.05) is 9.80 Å². The first-order chi connectivity index (χ1) is 50.7. The molecule has 518 valence electrons. The maximum absolute atomic E-state index is 12.7. The molecule has 0 amide bonds. The zero-order valence-electron chi connectivity index (χ0n) is 61.6. The van der Waals surface area contributed by atoms with E-state index in [1.54, 1.807) is 0 Å². The number of anilines is 6. The first-order valence-corrected chi connectivity index (χ1v) is 37.8. The molecule has 4 atom stereocenters. The summed E-state index contributed by atoms with van der Waals surface area (Å²) in [6.07, 6.45) is 23.6. The van der Waals surface area contributed by atoms with Crippen molar-refractivity contribution < 1.29 is 30.6 Å². The molecule has 0 saturated carbocycles. The fourth-order valence-electron chi connectivity index (χ4n) is 20.2. The van der Waals surface area contributed by atoms with Gasteiger partial charge in [0.15, 0.2) is 34.5 Å². The largest absolute Gasteiger partial charge is 0.505 e. The van der Waals surface area contributed by atoms with Crippen LogP contribution in [0.25, 0.3) is 43.8 Å². The van der Waals surface area contributed by atoms with Crippen LogP contribution in [0.4, 0.5) is 34.1 Å². The molecule has 10 aromatic rings. The maximum Gasteiger partial charge on any atom is 0.199 e. The molecule has 0 bridgehead atoms. The molecule has 0 fully saturated rings. The number of nitrogens with zero attached hydrogens (tertiary/aromatic N) is 2. The Morgan fingerprint density at radius 2 is 0.790 bits per heavy atom. The summed E-state index contributed by atoms with van der Waals surface area (Å²) < 4.78 is 0. The molecule has 6 N–H and O–H groups in total. The van der Waals surface area contributed by atoms with Gasteiger partial charge in [-0.2, -0.15) is 0 Å². The zero-order valence-corrected chi connectivity index (χ0v) is 61.6. The highest BCUT2D eigenvalue weighted by atomic mass is 16.3. The van der Waals surface area contributed by atoms with Crippen LogP contribution >= 0.6 is 0 Å². The Hall–Kier alpha value is -10.7. The molecule has 0 radical (unpaired) electrons. The molecule has 7 aliphatic rings. The lowest BCUT2D eigenvalue weighted by Gasteiger charge is -2.40. The maximum atomic E-state index is 12.7. The van der Waals surface area contributed by atoms with E-state index >= 15 is 0 Å². The van der Waals surface area contributed by atoms with Gasteiger partial charge in [0, 0.05) is 60.9 Å². The number of hydrogen-bond acceptors (Lipinski definition) is 8. The van der Waals surface area contributed by atoms with E-state index in [0.29, 0.717) is 46.7 Å². The van der Waals surface area contributed by atoms with Gasteiger partial charge in [0.05, 0.1) is 11.4 Å². The van der Waals surface area contributed by atoms with Gasteiger partial charge in [-0.05, 0) is 263 Å². The number of fused-ring (bicyclic) bond motifs is 9. The summed E-state index contributed by atoms with van der Waals surface area (Å²) >= 11 is 0. The third kappa shape index (κ3) is 10.1. The van der Waals surface area contributed by atoms with Crippen molar-refractivity contribution in [3.8, 4) is 45.6 Å². The van der Waals surface area contributed by atoms with Crippen LogP contribution in [0.3, 0.4) is 0 Å². The van der Waals surface area contributed by atoms with Crippen molar-refractivity contribution in [2.45, 2.75) is 121 Å². The molecule has 12 heteroatoms. The van der Waals surface area contributed by atoms with E-state index in [1.807, 2.05) is 31.4 Å². The van der Waals surface area contributed by atoms with Gasteiger partial charge in [0.2, 0.25) is 0 Å². The van der Waals surface area contributed by atoms with Crippen LogP contribution in [0.2, 0.25) is 0 Å². The van der Waals surface area contributed by atoms with Crippen molar-refractivity contribution in [3.05, 3.63) is 285 Å². The molecule has 0 aromatic heterocycles. The zero-order chi connectivity index (χ0) is 72.9. The van der Waals surface area contributed by atoms with E-state index in [4.69, 9.17) is 0 Å². The van der Waals surface area contributed by atoms with E-state index in [-0.39, 0.29) is 23.0 Å². The van der Waals surface area contributed by atoms with Crippen molar-refractivity contribution >= 4 is 120 Å². The monoisotopic (exact) mass is 1370 g/mol. The van der Waals surface area contributed by atoms with Crippen LogP contribution in [-0.4, -0.2) is 62.0 Å². The van der Waals surface area contributed by atoms with Gasteiger partial charge >= 0.3 is 0 Å². The van der Waals surface area contributed by atoms with E-state index in [9.17, 15) is 30.6 Å². The van der Waals surface area contributed by atoms with Crippen LogP contribution in [-0.2, 0) is 16.2 Å². The van der Waals surface area contributed by atoms with E-state index in [2.05, 4.69) is 245 Å². The summed E-state index contributed by atoms with van der Waals surface area (Å²) in [7, 11) is 7.68. The minimum atomic E-state index is -0.910. The Labute approximate surface area is 620 Å². The van der Waals surface area contributed by atoms with Gasteiger partial charge in [0.1, 0.15) is 31.4 Å². The predicted octanol–water partition coefficient (Wildman–Crippen LogP) is 16.7. The quantitative estimate of drug-likeness (QED) is 0.0361. The molecule has 0 saturated heterocycles. The molecular weight excluding hydrogens is 1280 g/mol. The predicted molar refractivity (Wildman–Crippen MR) is 446 cm³/mol. The van der Waals surface area contributed by atoms with Gasteiger partial charge in [-0.3, -0.25) is 0 Å². The summed E-state index contributed by atoms with van der Waals surface area (Å²) in [5, 5.41) is 76.5. The fraction of sp³-hybridized carbons (Fsp3) is 0.226. The second-order valence-electron chi connectivity index (χ2n) is 31.5. The highest BCUT2D eigenvalue weighted by Gasteiger charge is 2.53. The molecule has 4 unspecified atom stereocenters. The Balaban J connectivity index is 0.845. The van der Waals surface area contributed by atoms with Gasteiger partial charge in [-0.1, -0.05) is 169 Å². The Bertz CT molecular complexity index is 5260. The SMILES string of the molecule is Bc1c(B)c(C2(CC3=CCC(C=C)CC3)C3=C(C(C)=CCC3)c3ccc(N(c4ccc5c(c4)C(C)(C)c4cc(N(c6ccc7c(c6)C(CC6=CCC(C=C)CC6)(c6c(B)c(B)c(O)c(O)c6O)C6=C7C(C)=CCC6)c6cccc7ccccc67)ccc4-5)c4cccc5ccccc45)cc32)c(O)c(O)c1O. The average molecular weight is 1370 g/mol. The molecule has 0 heterocycles. The lowest BCUT2D eigenvalue weighted by Crippen LogP contribution is -2.40. The van der Waals surface area contributed by atoms with Crippen molar-refractivity contribution in [3.63, 3.8) is 0 Å². The molecule has 0 spiro atoms. The summed E-state index contributed by atoms with van der Waals surface area (Å²) in [4.78, 5) is 4.87. The summed E-state index contributed by atoms with van der Waals surface area (Å²) in [5.74, 6) is -1.34. The van der Waals surface area contributed by atoms with Crippen molar-refractivity contribution in [1.82, 2.24) is 0 Å². The summed E-state index contributed by atoms with van der Waals surface area (Å²) in [6.45, 7) is 17.5. The van der Waals surface area contributed by atoms with Crippen LogP contribution in [0.1, 0.15) is 149 Å². The second kappa shape index (κ2) is 25.3. The summed E-state index contributed by atoms with van der Waals surface area (Å²) in [6, 6.07) is 58.4. The molecule has 7 aliphatic carbocycles. The minimum absolute atomic E-state index is 0.273. The molecule has 8 nitrogen and oxygen atoms in total. The van der Waals surface area contributed by atoms with Crippen LogP contribution in [0.15, 0.2) is 241 Å². The van der Waals surface area contributed by atoms with Crippen LogP contribution in [0, 0.1) is 11.8 Å². The molecule has 10 aromatic carbocycles. The number of phenolic OH excluding ortho intramolecular Hbond substituents is 6. The lowest BCUT2D eigenvalue weighted by atomic mass is 9.60. The van der Waals surface area contributed by atoms with Gasteiger partial charge in [0.25, 0.3) is 0 Å². The molecule has 105 heavy (non-hydrogen) atoms. The van der Waals surface area contributed by atoms with Gasteiger partial charge in [-0.25, -0.2) is 0 Å². The third-order valence-electron chi connectivity index (χ3n) is 25.8. The van der Waals surface area contributed by atoms with Gasteiger partial charge in [-0.15, -0.1) is 13.2 Å². The van der Waals surface area contributed by atoms with E-state index in [0.717, 1.165) is 153 Å². The number of rotatable bonds is 14. The third-order valence-corrected chi connectivity index (χ3v) is 25.8. The van der Waals surface area contributed by atoms with Crippen molar-refractivity contribution in [2.24, 2.45) is 11.8 Å².